The third kappa shape index (κ3) is 3.57. The Bertz CT molecular complexity index is 811. The molecule has 4 rings (SSSR count). The first-order valence-electron chi connectivity index (χ1n) is 8.98. The average molecular weight is 377 g/mol. The Balaban J connectivity index is 0.00000196. The molecule has 3 heterocycles. The first-order chi connectivity index (χ1) is 12.1. The van der Waals surface area contributed by atoms with Crippen LogP contribution in [0, 0.1) is 0 Å². The van der Waals surface area contributed by atoms with Crippen LogP contribution < -0.4 is 5.32 Å². The van der Waals surface area contributed by atoms with Crippen molar-refractivity contribution >= 4 is 35.2 Å². The Labute approximate surface area is 159 Å². The number of urea groups is 1. The van der Waals surface area contributed by atoms with Crippen molar-refractivity contribution in [3.8, 4) is 0 Å². The highest BCUT2D eigenvalue weighted by atomic mass is 35.5. The summed E-state index contributed by atoms with van der Waals surface area (Å²) in [5.74, 6) is 0.341. The van der Waals surface area contributed by atoms with Crippen LogP contribution in [-0.4, -0.2) is 59.9 Å². The molecule has 0 saturated carbocycles. The molecule has 0 radical (unpaired) electrons. The Kier molecular flexibility index (Phi) is 5.53. The van der Waals surface area contributed by atoms with Crippen LogP contribution in [0.1, 0.15) is 30.0 Å². The number of nitrogens with one attached hydrogen (secondary N) is 2. The number of para-hydroxylation sites is 1. The van der Waals surface area contributed by atoms with E-state index in [-0.39, 0.29) is 30.9 Å². The molecule has 6 nitrogen and oxygen atoms in total. The molecule has 1 aromatic carbocycles. The van der Waals surface area contributed by atoms with E-state index in [1.165, 1.54) is 16.6 Å². The number of halogens is 1. The van der Waals surface area contributed by atoms with Crippen LogP contribution in [-0.2, 0) is 11.2 Å². The number of carbonyl (C=O) groups excluding carboxylic acids is 2. The topological polar surface area (TPSA) is 68.4 Å². The highest BCUT2D eigenvalue weighted by molar-refractivity contribution is 6.01. The maximum atomic E-state index is 11.8. The summed E-state index contributed by atoms with van der Waals surface area (Å²) in [6.07, 6.45) is 3.07. The molecule has 2 aromatic rings. The normalized spacial score (nSPS) is 19.0. The van der Waals surface area contributed by atoms with Crippen molar-refractivity contribution in [3.63, 3.8) is 0 Å². The van der Waals surface area contributed by atoms with Gasteiger partial charge in [0.05, 0.1) is 0 Å². The number of carbonyl (C=O) groups is 2. The van der Waals surface area contributed by atoms with Crippen molar-refractivity contribution in [3.05, 3.63) is 35.5 Å². The average Bonchev–Trinajstić information content (AvgIpc) is 3.13. The third-order valence-electron chi connectivity index (χ3n) is 5.45. The molecule has 1 aromatic heterocycles. The summed E-state index contributed by atoms with van der Waals surface area (Å²) in [6.45, 7) is 2.96. The number of hydrogen-bond donors (Lipinski definition) is 2. The molecule has 2 aliphatic rings. The van der Waals surface area contributed by atoms with Crippen LogP contribution in [0.4, 0.5) is 4.79 Å². The van der Waals surface area contributed by atoms with E-state index >= 15 is 0 Å². The summed E-state index contributed by atoms with van der Waals surface area (Å²) in [5.41, 5.74) is 3.78. The zero-order valence-electron chi connectivity index (χ0n) is 15.0. The predicted molar refractivity (Wildman–Crippen MR) is 104 cm³/mol. The molecule has 0 atom stereocenters. The first kappa shape index (κ1) is 18.7. The molecule has 0 aliphatic carbocycles. The smallest absolute Gasteiger partial charge is 0.324 e. The molecule has 2 fully saturated rings. The number of piperidine rings is 1. The predicted octanol–water partition coefficient (Wildman–Crippen LogP) is 2.49. The lowest BCUT2D eigenvalue weighted by molar-refractivity contribution is -0.118. The minimum Gasteiger partial charge on any atom is -0.358 e. The standard InChI is InChI=1S/C19H24N4O2.ClH/c1-22-9-6-13(7-10-22)18-14-4-2-3-5-15(14)20-16(18)8-11-23-12-17(24)21-19(23)25;/h2-5,13,20H,6-12H2,1H3,(H,21,24,25);1H. The van der Waals surface area contributed by atoms with Crippen LogP contribution in [0.5, 0.6) is 0 Å². The van der Waals surface area contributed by atoms with E-state index < -0.39 is 0 Å². The van der Waals surface area contributed by atoms with Gasteiger partial charge in [-0.2, -0.15) is 0 Å². The van der Waals surface area contributed by atoms with E-state index in [9.17, 15) is 9.59 Å². The maximum Gasteiger partial charge on any atom is 0.324 e. The number of nitrogens with zero attached hydrogens (tertiary/aromatic N) is 2. The number of aromatic amines is 1. The van der Waals surface area contributed by atoms with Crippen LogP contribution in [0.25, 0.3) is 10.9 Å². The van der Waals surface area contributed by atoms with Gasteiger partial charge in [-0.05, 0) is 50.5 Å². The molecule has 2 aliphatic heterocycles. The van der Waals surface area contributed by atoms with Gasteiger partial charge >= 0.3 is 6.03 Å². The second-order valence-electron chi connectivity index (χ2n) is 7.17. The highest BCUT2D eigenvalue weighted by Crippen LogP contribution is 2.36. The van der Waals surface area contributed by atoms with Crippen molar-refractivity contribution < 1.29 is 9.59 Å². The number of amides is 3. The second kappa shape index (κ2) is 7.68. The van der Waals surface area contributed by atoms with Crippen molar-refractivity contribution in [2.75, 3.05) is 33.2 Å². The van der Waals surface area contributed by atoms with E-state index in [2.05, 4.69) is 40.4 Å². The zero-order valence-corrected chi connectivity index (χ0v) is 15.8. The number of benzene rings is 1. The fraction of sp³-hybridized carbons (Fsp3) is 0.474. The van der Waals surface area contributed by atoms with Gasteiger partial charge in [0.1, 0.15) is 6.54 Å². The van der Waals surface area contributed by atoms with Gasteiger partial charge in [0, 0.05) is 29.6 Å². The summed E-state index contributed by atoms with van der Waals surface area (Å²) in [4.78, 5) is 30.7. The molecule has 3 amide bonds. The fourth-order valence-electron chi connectivity index (χ4n) is 4.09. The molecular weight excluding hydrogens is 352 g/mol. The zero-order chi connectivity index (χ0) is 17.4. The number of likely N-dealkylation sites (tertiary alicyclic amines) is 1. The fourth-order valence-corrected chi connectivity index (χ4v) is 4.09. The minimum absolute atomic E-state index is 0. The number of imide groups is 1. The molecule has 2 N–H and O–H groups in total. The molecule has 0 bridgehead atoms. The largest absolute Gasteiger partial charge is 0.358 e. The summed E-state index contributed by atoms with van der Waals surface area (Å²) < 4.78 is 0. The quantitative estimate of drug-likeness (QED) is 0.805. The van der Waals surface area contributed by atoms with Gasteiger partial charge in [-0.25, -0.2) is 4.79 Å². The van der Waals surface area contributed by atoms with Gasteiger partial charge in [-0.3, -0.25) is 10.1 Å². The van der Waals surface area contributed by atoms with Crippen LogP contribution in [0.15, 0.2) is 24.3 Å². The van der Waals surface area contributed by atoms with Crippen molar-refractivity contribution in [1.82, 2.24) is 20.1 Å². The second-order valence-corrected chi connectivity index (χ2v) is 7.17. The van der Waals surface area contributed by atoms with Gasteiger partial charge < -0.3 is 14.8 Å². The summed E-state index contributed by atoms with van der Waals surface area (Å²) in [7, 11) is 2.18. The van der Waals surface area contributed by atoms with Crippen LogP contribution in [0.3, 0.4) is 0 Å². The maximum absolute atomic E-state index is 11.8. The minimum atomic E-state index is -0.276. The van der Waals surface area contributed by atoms with Gasteiger partial charge in [-0.15, -0.1) is 12.4 Å². The van der Waals surface area contributed by atoms with Crippen molar-refractivity contribution in [1.29, 1.82) is 0 Å². The van der Waals surface area contributed by atoms with Crippen LogP contribution in [0.2, 0.25) is 0 Å². The SMILES string of the molecule is CN1CCC(c2c(CCN3CC(=O)NC3=O)[nH]c3ccccc23)CC1.Cl. The van der Waals surface area contributed by atoms with Gasteiger partial charge in [0.2, 0.25) is 5.91 Å². The van der Waals surface area contributed by atoms with E-state index in [4.69, 9.17) is 0 Å². The molecule has 26 heavy (non-hydrogen) atoms. The van der Waals surface area contributed by atoms with Crippen LogP contribution >= 0.6 is 12.4 Å². The summed E-state index contributed by atoms with van der Waals surface area (Å²) in [5, 5.41) is 3.64. The lowest BCUT2D eigenvalue weighted by atomic mass is 9.87. The number of aromatic nitrogens is 1. The summed E-state index contributed by atoms with van der Waals surface area (Å²) in [6, 6.07) is 8.17. The molecular formula is C19H25ClN4O2. The van der Waals surface area contributed by atoms with E-state index in [1.54, 1.807) is 4.90 Å². The van der Waals surface area contributed by atoms with Crippen molar-refractivity contribution in [2.24, 2.45) is 0 Å². The van der Waals surface area contributed by atoms with E-state index in [0.717, 1.165) is 37.9 Å². The molecule has 0 spiro atoms. The third-order valence-corrected chi connectivity index (χ3v) is 5.45. The lowest BCUT2D eigenvalue weighted by Gasteiger charge is -2.29. The van der Waals surface area contributed by atoms with Gasteiger partial charge in [0.15, 0.2) is 0 Å². The Morgan fingerprint density at radius 2 is 1.88 bits per heavy atom. The Morgan fingerprint density at radius 1 is 1.15 bits per heavy atom. The molecule has 0 unspecified atom stereocenters. The lowest BCUT2D eigenvalue weighted by Crippen LogP contribution is -2.31. The van der Waals surface area contributed by atoms with Crippen molar-refractivity contribution in [2.45, 2.75) is 25.2 Å². The van der Waals surface area contributed by atoms with Gasteiger partial charge in [-0.1, -0.05) is 18.2 Å². The number of fused-ring (bicyclic) bond motifs is 1. The number of H-pyrrole nitrogens is 1. The molecule has 2 saturated heterocycles. The summed E-state index contributed by atoms with van der Waals surface area (Å²) >= 11 is 0. The van der Waals surface area contributed by atoms with Gasteiger partial charge in [0.25, 0.3) is 0 Å². The monoisotopic (exact) mass is 376 g/mol. The number of hydrogen-bond acceptors (Lipinski definition) is 3. The molecule has 140 valence electrons. The first-order valence-corrected chi connectivity index (χ1v) is 8.98. The Morgan fingerprint density at radius 3 is 2.58 bits per heavy atom. The Hall–Kier alpha value is -2.05. The van der Waals surface area contributed by atoms with E-state index in [0.29, 0.717) is 12.5 Å². The van der Waals surface area contributed by atoms with E-state index in [1.807, 2.05) is 6.07 Å². The number of rotatable bonds is 4. The highest BCUT2D eigenvalue weighted by Gasteiger charge is 2.28. The molecule has 7 heteroatoms.